The molecule has 2 heterocycles. The van der Waals surface area contributed by atoms with Crippen molar-refractivity contribution < 1.29 is 9.90 Å². The van der Waals surface area contributed by atoms with Gasteiger partial charge in [0.2, 0.25) is 0 Å². The van der Waals surface area contributed by atoms with Crippen LogP contribution in [0.15, 0.2) is 42.1 Å². The normalized spacial score (nSPS) is 10.4. The highest BCUT2D eigenvalue weighted by Gasteiger charge is 2.06. The van der Waals surface area contributed by atoms with Crippen molar-refractivity contribution in [2.45, 2.75) is 11.7 Å². The molecule has 0 aromatic carbocycles. The van der Waals surface area contributed by atoms with Gasteiger partial charge in [0.1, 0.15) is 0 Å². The van der Waals surface area contributed by atoms with Crippen LogP contribution in [0.5, 0.6) is 0 Å². The van der Waals surface area contributed by atoms with Crippen molar-refractivity contribution in [1.82, 2.24) is 14.5 Å². The Bertz CT molecular complexity index is 498. The molecule has 0 atom stereocenters. The van der Waals surface area contributed by atoms with Crippen LogP contribution in [0.1, 0.15) is 5.56 Å². The van der Waals surface area contributed by atoms with Gasteiger partial charge in [0.25, 0.3) is 0 Å². The molecule has 88 valence electrons. The lowest BCUT2D eigenvalue weighted by Crippen LogP contribution is -2.03. The van der Waals surface area contributed by atoms with Gasteiger partial charge in [-0.05, 0) is 17.7 Å². The van der Waals surface area contributed by atoms with E-state index in [1.54, 1.807) is 18.6 Å². The molecule has 0 amide bonds. The molecule has 0 saturated carbocycles. The third-order valence-electron chi connectivity index (χ3n) is 2.10. The first-order valence-electron chi connectivity index (χ1n) is 5.00. The van der Waals surface area contributed by atoms with E-state index in [1.165, 1.54) is 11.8 Å². The molecule has 17 heavy (non-hydrogen) atoms. The average molecular weight is 249 g/mol. The fourth-order valence-corrected chi connectivity index (χ4v) is 2.05. The zero-order valence-corrected chi connectivity index (χ0v) is 9.80. The highest BCUT2D eigenvalue weighted by molar-refractivity contribution is 7.99. The van der Waals surface area contributed by atoms with Crippen LogP contribution in [0.25, 0.3) is 0 Å². The lowest BCUT2D eigenvalue weighted by Gasteiger charge is -2.06. The molecule has 0 spiro atoms. The summed E-state index contributed by atoms with van der Waals surface area (Å²) < 4.78 is 1.92. The Morgan fingerprint density at radius 2 is 2.12 bits per heavy atom. The Kier molecular flexibility index (Phi) is 3.77. The van der Waals surface area contributed by atoms with Crippen molar-refractivity contribution in [3.05, 3.63) is 42.5 Å². The number of nitrogens with zero attached hydrogens (tertiary/aromatic N) is 3. The molecule has 0 aliphatic rings. The van der Waals surface area contributed by atoms with E-state index in [9.17, 15) is 4.79 Å². The van der Waals surface area contributed by atoms with Crippen molar-refractivity contribution >= 4 is 17.7 Å². The number of carboxylic acid groups (broad SMARTS) is 1. The summed E-state index contributed by atoms with van der Waals surface area (Å²) >= 11 is 1.22. The van der Waals surface area contributed by atoms with Gasteiger partial charge in [0.15, 0.2) is 5.16 Å². The van der Waals surface area contributed by atoms with Crippen LogP contribution < -0.4 is 0 Å². The first-order chi connectivity index (χ1) is 8.25. The van der Waals surface area contributed by atoms with Crippen molar-refractivity contribution in [3.8, 4) is 0 Å². The van der Waals surface area contributed by atoms with Crippen LogP contribution >= 0.6 is 11.8 Å². The van der Waals surface area contributed by atoms with E-state index >= 15 is 0 Å². The molecule has 2 rings (SSSR count). The van der Waals surface area contributed by atoms with Crippen molar-refractivity contribution in [3.63, 3.8) is 0 Å². The predicted octanol–water partition coefficient (Wildman–Crippen LogP) is 1.50. The summed E-state index contributed by atoms with van der Waals surface area (Å²) in [6.07, 6.45) is 6.97. The van der Waals surface area contributed by atoms with E-state index in [2.05, 4.69) is 9.97 Å². The third kappa shape index (κ3) is 3.32. The lowest BCUT2D eigenvalue weighted by atomic mass is 10.3. The van der Waals surface area contributed by atoms with E-state index in [1.807, 2.05) is 22.9 Å². The summed E-state index contributed by atoms with van der Waals surface area (Å²) in [5, 5.41) is 9.34. The topological polar surface area (TPSA) is 68.0 Å². The smallest absolute Gasteiger partial charge is 0.313 e. The highest BCUT2D eigenvalue weighted by atomic mass is 32.2. The number of hydrogen-bond acceptors (Lipinski definition) is 4. The number of thioether (sulfide) groups is 1. The Morgan fingerprint density at radius 3 is 2.82 bits per heavy atom. The highest BCUT2D eigenvalue weighted by Crippen LogP contribution is 2.16. The van der Waals surface area contributed by atoms with E-state index in [0.29, 0.717) is 11.7 Å². The standard InChI is InChI=1S/C11H11N3O2S/c15-10(16)8-17-11-13-5-6-14(11)7-9-1-3-12-4-2-9/h1-6H,7-8H2,(H,15,16). The van der Waals surface area contributed by atoms with Gasteiger partial charge in [0.05, 0.1) is 5.75 Å². The number of carboxylic acids is 1. The van der Waals surface area contributed by atoms with E-state index in [-0.39, 0.29) is 5.75 Å². The first-order valence-corrected chi connectivity index (χ1v) is 5.99. The molecular weight excluding hydrogens is 238 g/mol. The number of pyridine rings is 1. The molecular formula is C11H11N3O2S. The maximum absolute atomic E-state index is 10.5. The van der Waals surface area contributed by atoms with Crippen LogP contribution in [-0.2, 0) is 11.3 Å². The fourth-order valence-electron chi connectivity index (χ4n) is 1.37. The Morgan fingerprint density at radius 1 is 1.35 bits per heavy atom. The van der Waals surface area contributed by atoms with E-state index < -0.39 is 5.97 Å². The molecule has 0 aliphatic heterocycles. The predicted molar refractivity (Wildman–Crippen MR) is 63.9 cm³/mol. The minimum Gasteiger partial charge on any atom is -0.481 e. The molecule has 0 radical (unpaired) electrons. The SMILES string of the molecule is O=C(O)CSc1nccn1Cc1ccncc1. The van der Waals surface area contributed by atoms with Gasteiger partial charge >= 0.3 is 5.97 Å². The zero-order chi connectivity index (χ0) is 12.1. The first kappa shape index (κ1) is 11.7. The van der Waals surface area contributed by atoms with Gasteiger partial charge in [-0.2, -0.15) is 0 Å². The molecule has 0 aliphatic carbocycles. The number of aromatic nitrogens is 3. The molecule has 0 saturated heterocycles. The molecule has 2 aromatic heterocycles. The van der Waals surface area contributed by atoms with Crippen LogP contribution in [0, 0.1) is 0 Å². The van der Waals surface area contributed by atoms with Crippen LogP contribution in [0.2, 0.25) is 0 Å². The quantitative estimate of drug-likeness (QED) is 0.813. The summed E-state index contributed by atoms with van der Waals surface area (Å²) in [5.41, 5.74) is 1.11. The second-order valence-electron chi connectivity index (χ2n) is 3.38. The molecule has 0 unspecified atom stereocenters. The number of imidazole rings is 1. The van der Waals surface area contributed by atoms with E-state index in [4.69, 9.17) is 5.11 Å². The lowest BCUT2D eigenvalue weighted by molar-refractivity contribution is -0.133. The van der Waals surface area contributed by atoms with Crippen LogP contribution in [0.3, 0.4) is 0 Å². The third-order valence-corrected chi connectivity index (χ3v) is 3.09. The molecule has 0 bridgehead atoms. The average Bonchev–Trinajstić information content (AvgIpc) is 2.75. The molecule has 5 nitrogen and oxygen atoms in total. The summed E-state index contributed by atoms with van der Waals surface area (Å²) in [6, 6.07) is 3.84. The van der Waals surface area contributed by atoms with Gasteiger partial charge < -0.3 is 9.67 Å². The summed E-state index contributed by atoms with van der Waals surface area (Å²) in [5.74, 6) is -0.818. The minimum absolute atomic E-state index is 0.0212. The second kappa shape index (κ2) is 5.49. The monoisotopic (exact) mass is 249 g/mol. The number of hydrogen-bond donors (Lipinski definition) is 1. The Hall–Kier alpha value is -1.82. The van der Waals surface area contributed by atoms with Crippen molar-refractivity contribution in [2.24, 2.45) is 0 Å². The summed E-state index contributed by atoms with van der Waals surface area (Å²) in [4.78, 5) is 18.6. The largest absolute Gasteiger partial charge is 0.481 e. The van der Waals surface area contributed by atoms with Crippen molar-refractivity contribution in [1.29, 1.82) is 0 Å². The zero-order valence-electron chi connectivity index (χ0n) is 8.98. The Balaban J connectivity index is 2.06. The second-order valence-corrected chi connectivity index (χ2v) is 4.32. The van der Waals surface area contributed by atoms with E-state index in [0.717, 1.165) is 5.56 Å². The van der Waals surface area contributed by atoms with Crippen LogP contribution in [0.4, 0.5) is 0 Å². The van der Waals surface area contributed by atoms with Gasteiger partial charge in [-0.15, -0.1) is 0 Å². The number of aliphatic carboxylic acids is 1. The Labute approximate surface area is 103 Å². The minimum atomic E-state index is -0.839. The summed E-state index contributed by atoms with van der Waals surface area (Å²) in [7, 11) is 0. The fraction of sp³-hybridized carbons (Fsp3) is 0.182. The summed E-state index contributed by atoms with van der Waals surface area (Å²) in [6.45, 7) is 0.671. The molecule has 1 N–H and O–H groups in total. The van der Waals surface area contributed by atoms with Crippen LogP contribution in [-0.4, -0.2) is 31.4 Å². The molecule has 2 aromatic rings. The van der Waals surface area contributed by atoms with Crippen molar-refractivity contribution in [2.75, 3.05) is 5.75 Å². The van der Waals surface area contributed by atoms with Gasteiger partial charge in [-0.25, -0.2) is 4.98 Å². The number of rotatable bonds is 5. The number of carbonyl (C=O) groups is 1. The molecule has 0 fully saturated rings. The van der Waals surface area contributed by atoms with Gasteiger partial charge in [-0.1, -0.05) is 11.8 Å². The maximum Gasteiger partial charge on any atom is 0.313 e. The molecule has 6 heteroatoms. The maximum atomic E-state index is 10.5. The van der Waals surface area contributed by atoms with Gasteiger partial charge in [0, 0.05) is 31.3 Å². The van der Waals surface area contributed by atoms with Gasteiger partial charge in [-0.3, -0.25) is 9.78 Å².